The Hall–Kier alpha value is -1.28. The van der Waals surface area contributed by atoms with Gasteiger partial charge in [-0.2, -0.15) is 0 Å². The maximum absolute atomic E-state index is 12.5. The van der Waals surface area contributed by atoms with Crippen LogP contribution in [0, 0.1) is 11.8 Å². The fourth-order valence-corrected chi connectivity index (χ4v) is 4.13. The van der Waals surface area contributed by atoms with Crippen molar-refractivity contribution in [1.82, 2.24) is 14.9 Å². The molecule has 0 radical (unpaired) electrons. The summed E-state index contributed by atoms with van der Waals surface area (Å²) in [5.41, 5.74) is -0.0894. The van der Waals surface area contributed by atoms with Gasteiger partial charge in [-0.25, -0.2) is 4.98 Å². The number of ether oxygens (including phenoxy) is 1. The SMILES string of the molecule is CC(C)COC[C@@H](O)CN(Cc1nc2sc(C(C)C)cc2c(=O)[nH]1)CC(C)C. The molecule has 0 saturated heterocycles. The molecule has 7 heteroatoms. The van der Waals surface area contributed by atoms with Crippen LogP contribution in [0.4, 0.5) is 0 Å². The first-order chi connectivity index (χ1) is 13.2. The molecule has 0 fully saturated rings. The number of H-pyrrole nitrogens is 1. The van der Waals surface area contributed by atoms with E-state index in [4.69, 9.17) is 4.74 Å². The van der Waals surface area contributed by atoms with Crippen LogP contribution in [0.3, 0.4) is 0 Å². The molecular formula is C21H35N3O3S. The van der Waals surface area contributed by atoms with Gasteiger partial charge in [0.05, 0.1) is 24.6 Å². The molecule has 0 saturated carbocycles. The van der Waals surface area contributed by atoms with Crippen molar-refractivity contribution in [3.8, 4) is 0 Å². The standard InChI is InChI=1S/C21H35N3O3S/c1-13(2)8-24(9-16(25)12-27-11-14(3)4)10-19-22-20(26)17-7-18(15(5)6)28-21(17)23-19/h7,13-16,25H,8-12H2,1-6H3,(H,22,23,26)/t16-/m0/s1. The number of aliphatic hydroxyl groups excluding tert-OH is 1. The molecule has 0 amide bonds. The van der Waals surface area contributed by atoms with Gasteiger partial charge in [0.2, 0.25) is 0 Å². The topological polar surface area (TPSA) is 78.5 Å². The summed E-state index contributed by atoms with van der Waals surface area (Å²) in [7, 11) is 0. The fourth-order valence-electron chi connectivity index (χ4n) is 3.08. The number of aliphatic hydroxyl groups is 1. The van der Waals surface area contributed by atoms with Gasteiger partial charge in [-0.15, -0.1) is 11.3 Å². The van der Waals surface area contributed by atoms with Crippen LogP contribution in [-0.2, 0) is 11.3 Å². The van der Waals surface area contributed by atoms with Gasteiger partial charge in [-0.1, -0.05) is 41.5 Å². The highest BCUT2D eigenvalue weighted by Gasteiger charge is 2.17. The van der Waals surface area contributed by atoms with E-state index in [2.05, 4.69) is 56.4 Å². The van der Waals surface area contributed by atoms with Crippen LogP contribution in [0.15, 0.2) is 10.9 Å². The van der Waals surface area contributed by atoms with Gasteiger partial charge >= 0.3 is 0 Å². The van der Waals surface area contributed by atoms with Crippen LogP contribution in [0.5, 0.6) is 0 Å². The number of hydrogen-bond acceptors (Lipinski definition) is 6. The summed E-state index contributed by atoms with van der Waals surface area (Å²) in [6, 6.07) is 1.95. The van der Waals surface area contributed by atoms with E-state index in [1.54, 1.807) is 11.3 Å². The Morgan fingerprint density at radius 3 is 2.46 bits per heavy atom. The van der Waals surface area contributed by atoms with Gasteiger partial charge in [-0.3, -0.25) is 9.69 Å². The van der Waals surface area contributed by atoms with Crippen molar-refractivity contribution in [2.75, 3.05) is 26.3 Å². The van der Waals surface area contributed by atoms with E-state index in [1.165, 1.54) is 4.88 Å². The molecule has 0 aliphatic heterocycles. The van der Waals surface area contributed by atoms with Gasteiger partial charge in [0, 0.05) is 24.6 Å². The van der Waals surface area contributed by atoms with Gasteiger partial charge in [-0.05, 0) is 23.8 Å². The number of aromatic amines is 1. The van der Waals surface area contributed by atoms with Crippen molar-refractivity contribution in [3.63, 3.8) is 0 Å². The number of thiophene rings is 1. The number of fused-ring (bicyclic) bond motifs is 1. The quantitative estimate of drug-likeness (QED) is 0.593. The number of nitrogens with one attached hydrogen (secondary N) is 1. The lowest BCUT2D eigenvalue weighted by molar-refractivity contribution is 0.00485. The van der Waals surface area contributed by atoms with E-state index >= 15 is 0 Å². The van der Waals surface area contributed by atoms with Crippen LogP contribution in [-0.4, -0.2) is 52.4 Å². The predicted octanol–water partition coefficient (Wildman–Crippen LogP) is 3.60. The Morgan fingerprint density at radius 1 is 1.14 bits per heavy atom. The molecular weight excluding hydrogens is 374 g/mol. The summed E-state index contributed by atoms with van der Waals surface area (Å²) in [6.45, 7) is 15.5. The Morgan fingerprint density at radius 2 is 1.86 bits per heavy atom. The van der Waals surface area contributed by atoms with Crippen molar-refractivity contribution >= 4 is 21.6 Å². The zero-order valence-corrected chi connectivity index (χ0v) is 18.8. The monoisotopic (exact) mass is 409 g/mol. The minimum atomic E-state index is -0.567. The number of hydrogen-bond donors (Lipinski definition) is 2. The minimum Gasteiger partial charge on any atom is -0.389 e. The van der Waals surface area contributed by atoms with Crippen molar-refractivity contribution < 1.29 is 9.84 Å². The molecule has 2 rings (SSSR count). The molecule has 0 unspecified atom stereocenters. The molecule has 6 nitrogen and oxygen atoms in total. The normalized spacial score (nSPS) is 13.5. The van der Waals surface area contributed by atoms with Crippen molar-refractivity contribution in [2.45, 2.75) is 60.1 Å². The van der Waals surface area contributed by atoms with Crippen LogP contribution < -0.4 is 5.56 Å². The largest absolute Gasteiger partial charge is 0.389 e. The summed E-state index contributed by atoms with van der Waals surface area (Å²) >= 11 is 1.58. The Labute approximate surface area is 171 Å². The molecule has 1 atom stereocenters. The lowest BCUT2D eigenvalue weighted by Crippen LogP contribution is -2.37. The summed E-state index contributed by atoms with van der Waals surface area (Å²) < 4.78 is 5.57. The highest BCUT2D eigenvalue weighted by Crippen LogP contribution is 2.27. The Balaban J connectivity index is 2.11. The maximum Gasteiger partial charge on any atom is 0.259 e. The van der Waals surface area contributed by atoms with Gasteiger partial charge in [0.25, 0.3) is 5.56 Å². The molecule has 0 aliphatic carbocycles. The molecule has 0 aromatic carbocycles. The molecule has 2 aromatic rings. The Bertz CT molecular complexity index is 798. The second kappa shape index (κ2) is 10.5. The van der Waals surface area contributed by atoms with Gasteiger partial charge in [0.15, 0.2) is 0 Å². The zero-order valence-electron chi connectivity index (χ0n) is 18.0. The molecule has 0 spiro atoms. The fraction of sp³-hybridized carbons (Fsp3) is 0.714. The second-order valence-corrected chi connectivity index (χ2v) is 9.77. The first kappa shape index (κ1) is 23.0. The summed E-state index contributed by atoms with van der Waals surface area (Å²) in [4.78, 5) is 24.2. The zero-order chi connectivity index (χ0) is 20.8. The van der Waals surface area contributed by atoms with Gasteiger partial charge < -0.3 is 14.8 Å². The second-order valence-electron chi connectivity index (χ2n) is 8.71. The summed E-state index contributed by atoms with van der Waals surface area (Å²) in [6.07, 6.45) is -0.567. The molecule has 158 valence electrons. The molecule has 0 aliphatic rings. The number of aromatic nitrogens is 2. The average Bonchev–Trinajstić information content (AvgIpc) is 2.98. The third-order valence-corrected chi connectivity index (χ3v) is 5.60. The molecule has 2 N–H and O–H groups in total. The maximum atomic E-state index is 12.5. The van der Waals surface area contributed by atoms with E-state index in [0.717, 1.165) is 11.4 Å². The van der Waals surface area contributed by atoms with Crippen molar-refractivity contribution in [1.29, 1.82) is 0 Å². The third kappa shape index (κ3) is 6.95. The first-order valence-electron chi connectivity index (χ1n) is 10.2. The van der Waals surface area contributed by atoms with E-state index in [0.29, 0.717) is 55.3 Å². The molecule has 2 aromatic heterocycles. The van der Waals surface area contributed by atoms with Crippen molar-refractivity contribution in [2.24, 2.45) is 11.8 Å². The Kier molecular flexibility index (Phi) is 8.61. The van der Waals surface area contributed by atoms with Crippen LogP contribution in [0.1, 0.15) is 58.2 Å². The average molecular weight is 410 g/mol. The predicted molar refractivity (Wildman–Crippen MR) is 116 cm³/mol. The molecule has 2 heterocycles. The number of rotatable bonds is 11. The van der Waals surface area contributed by atoms with Crippen LogP contribution in [0.25, 0.3) is 10.2 Å². The van der Waals surface area contributed by atoms with E-state index in [1.807, 2.05) is 6.07 Å². The molecule has 0 bridgehead atoms. The number of nitrogens with zero attached hydrogens (tertiary/aromatic N) is 2. The van der Waals surface area contributed by atoms with E-state index < -0.39 is 6.10 Å². The van der Waals surface area contributed by atoms with E-state index in [-0.39, 0.29) is 5.56 Å². The third-order valence-electron chi connectivity index (χ3n) is 4.27. The first-order valence-corrected chi connectivity index (χ1v) is 11.0. The lowest BCUT2D eigenvalue weighted by Gasteiger charge is -2.26. The summed E-state index contributed by atoms with van der Waals surface area (Å²) in [5, 5.41) is 11.0. The smallest absolute Gasteiger partial charge is 0.259 e. The van der Waals surface area contributed by atoms with E-state index in [9.17, 15) is 9.90 Å². The summed E-state index contributed by atoms with van der Waals surface area (Å²) in [5.74, 6) is 1.90. The van der Waals surface area contributed by atoms with Crippen LogP contribution in [0.2, 0.25) is 0 Å². The van der Waals surface area contributed by atoms with Crippen LogP contribution >= 0.6 is 11.3 Å². The highest BCUT2D eigenvalue weighted by molar-refractivity contribution is 7.18. The molecule has 28 heavy (non-hydrogen) atoms. The lowest BCUT2D eigenvalue weighted by atomic mass is 10.2. The van der Waals surface area contributed by atoms with Gasteiger partial charge in [0.1, 0.15) is 10.7 Å². The minimum absolute atomic E-state index is 0.0894. The highest BCUT2D eigenvalue weighted by atomic mass is 32.1. The van der Waals surface area contributed by atoms with Crippen molar-refractivity contribution in [3.05, 3.63) is 27.1 Å².